The maximum atomic E-state index is 12.7. The highest BCUT2D eigenvalue weighted by Gasteiger charge is 2.30. The third kappa shape index (κ3) is 8.34. The molecular formula is C21H28F3N3O2. The van der Waals surface area contributed by atoms with Crippen LogP contribution in [0.4, 0.5) is 18.0 Å². The number of nitrogens with one attached hydrogen (secondary N) is 2. The molecule has 1 aromatic rings. The molecule has 1 aromatic carbocycles. The van der Waals surface area contributed by atoms with Crippen LogP contribution >= 0.6 is 0 Å². The lowest BCUT2D eigenvalue weighted by Gasteiger charge is -2.35. The van der Waals surface area contributed by atoms with Crippen LogP contribution in [-0.2, 0) is 10.9 Å². The monoisotopic (exact) mass is 411 g/mol. The Kier molecular flexibility index (Phi) is 8.80. The Labute approximate surface area is 170 Å². The zero-order valence-corrected chi connectivity index (χ0v) is 16.8. The van der Waals surface area contributed by atoms with Crippen molar-refractivity contribution in [2.75, 3.05) is 39.4 Å². The molecule has 5 nitrogen and oxygen atoms in total. The Hall–Kier alpha value is -2.24. The van der Waals surface area contributed by atoms with Crippen LogP contribution in [0.25, 0.3) is 0 Å². The Morgan fingerprint density at radius 1 is 1.24 bits per heavy atom. The van der Waals surface area contributed by atoms with Gasteiger partial charge in [0.1, 0.15) is 0 Å². The zero-order valence-electron chi connectivity index (χ0n) is 16.8. The van der Waals surface area contributed by atoms with Gasteiger partial charge in [-0.3, -0.25) is 4.90 Å². The summed E-state index contributed by atoms with van der Waals surface area (Å²) in [4.78, 5) is 14.4. The first kappa shape index (κ1) is 23.0. The van der Waals surface area contributed by atoms with Gasteiger partial charge in [0, 0.05) is 31.2 Å². The van der Waals surface area contributed by atoms with Gasteiger partial charge in [0.15, 0.2) is 0 Å². The first-order valence-electron chi connectivity index (χ1n) is 9.75. The number of nitrogens with zero attached hydrogens (tertiary/aromatic N) is 1. The predicted octanol–water partition coefficient (Wildman–Crippen LogP) is 3.10. The van der Waals surface area contributed by atoms with Gasteiger partial charge in [-0.1, -0.05) is 31.8 Å². The molecule has 0 aliphatic carbocycles. The van der Waals surface area contributed by atoms with E-state index in [4.69, 9.17) is 4.74 Å². The summed E-state index contributed by atoms with van der Waals surface area (Å²) in [5.41, 5.74) is -0.486. The van der Waals surface area contributed by atoms with Crippen molar-refractivity contribution in [3.8, 4) is 11.8 Å². The Bertz CT molecular complexity index is 720. The number of ether oxygens (including phenoxy) is 1. The molecular weight excluding hydrogens is 383 g/mol. The summed E-state index contributed by atoms with van der Waals surface area (Å²) in [7, 11) is 0. The van der Waals surface area contributed by atoms with Crippen LogP contribution < -0.4 is 10.6 Å². The summed E-state index contributed by atoms with van der Waals surface area (Å²) in [6.07, 6.45) is -3.43. The summed E-state index contributed by atoms with van der Waals surface area (Å²) in [6, 6.07) is 4.70. The minimum atomic E-state index is -4.40. The van der Waals surface area contributed by atoms with Gasteiger partial charge in [0.05, 0.1) is 25.3 Å². The molecule has 2 amide bonds. The molecule has 0 spiro atoms. The predicted molar refractivity (Wildman–Crippen MR) is 105 cm³/mol. The molecule has 2 rings (SSSR count). The van der Waals surface area contributed by atoms with Crippen molar-refractivity contribution in [2.24, 2.45) is 5.92 Å². The van der Waals surface area contributed by atoms with E-state index in [1.54, 1.807) is 0 Å². The molecule has 1 unspecified atom stereocenters. The highest BCUT2D eigenvalue weighted by Crippen LogP contribution is 2.29. The number of hydrogen-bond donors (Lipinski definition) is 2. The second-order valence-corrected chi connectivity index (χ2v) is 7.38. The van der Waals surface area contributed by atoms with E-state index in [0.717, 1.165) is 31.6 Å². The average molecular weight is 411 g/mol. The lowest BCUT2D eigenvalue weighted by molar-refractivity contribution is -0.137. The first-order chi connectivity index (χ1) is 13.8. The molecule has 1 fully saturated rings. The number of hydrogen-bond acceptors (Lipinski definition) is 3. The summed E-state index contributed by atoms with van der Waals surface area (Å²) in [5, 5.41) is 5.48. The minimum Gasteiger partial charge on any atom is -0.379 e. The number of alkyl halides is 3. The summed E-state index contributed by atoms with van der Waals surface area (Å²) in [6.45, 7) is 7.97. The van der Waals surface area contributed by atoms with Crippen LogP contribution in [0.1, 0.15) is 31.4 Å². The average Bonchev–Trinajstić information content (AvgIpc) is 2.68. The van der Waals surface area contributed by atoms with E-state index in [-0.39, 0.29) is 24.2 Å². The fraction of sp³-hybridized carbons (Fsp3) is 0.571. The lowest BCUT2D eigenvalue weighted by atomic mass is 10.0. The zero-order chi connectivity index (χ0) is 21.3. The van der Waals surface area contributed by atoms with Crippen LogP contribution in [0.3, 0.4) is 0 Å². The van der Waals surface area contributed by atoms with E-state index in [2.05, 4.69) is 41.2 Å². The quantitative estimate of drug-likeness (QED) is 0.708. The number of urea groups is 1. The third-order valence-corrected chi connectivity index (χ3v) is 4.56. The summed E-state index contributed by atoms with van der Waals surface area (Å²) >= 11 is 0. The fourth-order valence-electron chi connectivity index (χ4n) is 3.17. The Balaban J connectivity index is 1.80. The molecule has 2 N–H and O–H groups in total. The number of halogens is 3. The number of rotatable bonds is 6. The lowest BCUT2D eigenvalue weighted by Crippen LogP contribution is -2.50. The van der Waals surface area contributed by atoms with Crippen molar-refractivity contribution in [1.29, 1.82) is 0 Å². The number of amides is 2. The van der Waals surface area contributed by atoms with Crippen LogP contribution in [0.2, 0.25) is 0 Å². The molecule has 0 saturated carbocycles. The van der Waals surface area contributed by atoms with Crippen molar-refractivity contribution < 1.29 is 22.7 Å². The van der Waals surface area contributed by atoms with Gasteiger partial charge in [0.2, 0.25) is 0 Å². The second kappa shape index (κ2) is 11.1. The third-order valence-electron chi connectivity index (χ3n) is 4.56. The van der Waals surface area contributed by atoms with Gasteiger partial charge < -0.3 is 15.4 Å². The van der Waals surface area contributed by atoms with Crippen molar-refractivity contribution in [3.63, 3.8) is 0 Å². The minimum absolute atomic E-state index is 0.0501. The molecule has 1 atom stereocenters. The van der Waals surface area contributed by atoms with E-state index in [1.165, 1.54) is 12.1 Å². The van der Waals surface area contributed by atoms with Gasteiger partial charge in [0.25, 0.3) is 0 Å². The molecule has 1 aliphatic rings. The van der Waals surface area contributed by atoms with Gasteiger partial charge in [-0.2, -0.15) is 13.2 Å². The van der Waals surface area contributed by atoms with Crippen molar-refractivity contribution >= 4 is 6.03 Å². The number of carbonyl (C=O) groups excluding carboxylic acids is 1. The normalized spacial score (nSPS) is 16.1. The van der Waals surface area contributed by atoms with E-state index in [0.29, 0.717) is 25.7 Å². The molecule has 1 heterocycles. The van der Waals surface area contributed by atoms with E-state index < -0.39 is 11.7 Å². The summed E-state index contributed by atoms with van der Waals surface area (Å²) < 4.78 is 43.5. The molecule has 0 radical (unpaired) electrons. The van der Waals surface area contributed by atoms with Gasteiger partial charge in [-0.05, 0) is 30.5 Å². The van der Waals surface area contributed by atoms with Gasteiger partial charge in [-0.25, -0.2) is 4.79 Å². The molecule has 1 saturated heterocycles. The van der Waals surface area contributed by atoms with E-state index in [9.17, 15) is 18.0 Å². The van der Waals surface area contributed by atoms with Gasteiger partial charge in [-0.15, -0.1) is 0 Å². The highest BCUT2D eigenvalue weighted by molar-refractivity contribution is 5.74. The number of morpholine rings is 1. The Morgan fingerprint density at radius 2 is 1.97 bits per heavy atom. The van der Waals surface area contributed by atoms with Crippen LogP contribution in [0, 0.1) is 17.8 Å². The number of carbonyl (C=O) groups is 1. The number of benzene rings is 1. The van der Waals surface area contributed by atoms with E-state index >= 15 is 0 Å². The van der Waals surface area contributed by atoms with Crippen LogP contribution in [0.5, 0.6) is 0 Å². The summed E-state index contributed by atoms with van der Waals surface area (Å²) in [5.74, 6) is 5.82. The molecule has 0 aromatic heterocycles. The fourth-order valence-corrected chi connectivity index (χ4v) is 3.17. The van der Waals surface area contributed by atoms with Crippen LogP contribution in [-0.4, -0.2) is 56.4 Å². The Morgan fingerprint density at radius 3 is 2.62 bits per heavy atom. The maximum absolute atomic E-state index is 12.7. The second-order valence-electron chi connectivity index (χ2n) is 7.38. The van der Waals surface area contributed by atoms with Crippen molar-refractivity contribution in [1.82, 2.24) is 15.5 Å². The topological polar surface area (TPSA) is 53.6 Å². The molecule has 0 bridgehead atoms. The molecule has 160 valence electrons. The van der Waals surface area contributed by atoms with Crippen LogP contribution in [0.15, 0.2) is 24.3 Å². The van der Waals surface area contributed by atoms with Crippen molar-refractivity contribution in [2.45, 2.75) is 32.5 Å². The molecule has 1 aliphatic heterocycles. The molecule has 29 heavy (non-hydrogen) atoms. The van der Waals surface area contributed by atoms with E-state index in [1.807, 2.05) is 0 Å². The maximum Gasteiger partial charge on any atom is 0.416 e. The van der Waals surface area contributed by atoms with Crippen molar-refractivity contribution in [3.05, 3.63) is 35.4 Å². The molecule has 8 heteroatoms. The standard InChI is InChI=1S/C21H28F3N3O2/c1-16(2)13-19(27-9-11-29-12-10-27)15-26-20(28)25-8-4-6-17-5-3-7-18(14-17)21(22,23)24/h3,5,7,14,16,19H,8-13,15H2,1-2H3,(H2,25,26,28). The SMILES string of the molecule is CC(C)CC(CNC(=O)NCC#Cc1cccc(C(F)(F)F)c1)N1CCOCC1. The largest absolute Gasteiger partial charge is 0.416 e. The highest BCUT2D eigenvalue weighted by atomic mass is 19.4. The van der Waals surface area contributed by atoms with Gasteiger partial charge >= 0.3 is 12.2 Å². The first-order valence-corrected chi connectivity index (χ1v) is 9.75. The smallest absolute Gasteiger partial charge is 0.379 e.